The van der Waals surface area contributed by atoms with Crippen molar-refractivity contribution < 1.29 is 24.2 Å². The average Bonchev–Trinajstić information content (AvgIpc) is 2.78. The minimum atomic E-state index is -0.960. The molecule has 1 N–H and O–H groups in total. The van der Waals surface area contributed by atoms with Gasteiger partial charge in [0.1, 0.15) is 12.2 Å². The number of carbonyl (C=O) groups is 2. The van der Waals surface area contributed by atoms with Crippen molar-refractivity contribution in [3.63, 3.8) is 0 Å². The molecule has 25 heavy (non-hydrogen) atoms. The van der Waals surface area contributed by atoms with Gasteiger partial charge in [-0.2, -0.15) is 0 Å². The van der Waals surface area contributed by atoms with Gasteiger partial charge in [-0.05, 0) is 45.4 Å². The number of ether oxygens (including phenoxy) is 2. The molecule has 0 bridgehead atoms. The molecule has 2 aliphatic carbocycles. The third kappa shape index (κ3) is 2.82. The molecule has 3 fully saturated rings. The fraction of sp³-hybridized carbons (Fsp3) is 0.700. The highest BCUT2D eigenvalue weighted by Gasteiger charge is 2.63. The van der Waals surface area contributed by atoms with Gasteiger partial charge in [0.2, 0.25) is 0 Å². The zero-order chi connectivity index (χ0) is 18.6. The SMILES string of the molecule is C=C1C(=O)O[C@@H]2C[C@]3(C)CCC[C@](C)(O)[C@H]3[C@@H](OC(=O)/C(C)=C/C)[C@H]12. The van der Waals surface area contributed by atoms with Gasteiger partial charge in [-0.1, -0.05) is 26.0 Å². The van der Waals surface area contributed by atoms with Crippen LogP contribution < -0.4 is 0 Å². The first-order valence-corrected chi connectivity index (χ1v) is 9.07. The Kier molecular flexibility index (Phi) is 4.34. The van der Waals surface area contributed by atoms with Crippen LogP contribution in [0.1, 0.15) is 53.4 Å². The zero-order valence-corrected chi connectivity index (χ0v) is 15.5. The first-order chi connectivity index (χ1) is 11.6. The topological polar surface area (TPSA) is 72.8 Å². The monoisotopic (exact) mass is 348 g/mol. The van der Waals surface area contributed by atoms with Crippen LogP contribution >= 0.6 is 0 Å². The zero-order valence-electron chi connectivity index (χ0n) is 15.5. The van der Waals surface area contributed by atoms with Crippen molar-refractivity contribution in [1.82, 2.24) is 0 Å². The summed E-state index contributed by atoms with van der Waals surface area (Å²) in [4.78, 5) is 24.6. The van der Waals surface area contributed by atoms with Crippen LogP contribution in [0.15, 0.2) is 23.8 Å². The van der Waals surface area contributed by atoms with Gasteiger partial charge in [0, 0.05) is 17.1 Å². The summed E-state index contributed by atoms with van der Waals surface area (Å²) >= 11 is 0. The summed E-state index contributed by atoms with van der Waals surface area (Å²) in [6, 6.07) is 0. The standard InChI is InChI=1S/C20H28O5/c1-6-11(2)17(21)25-15-14-12(3)18(22)24-13(14)10-19(4)8-7-9-20(5,23)16(15)19/h6,13-16,23H,3,7-10H2,1-2,4-5H3/b11-6+/t13-,14-,15+,16+,19+,20+/m1/s1. The van der Waals surface area contributed by atoms with Crippen LogP contribution in [-0.2, 0) is 19.1 Å². The van der Waals surface area contributed by atoms with Crippen LogP contribution in [0.3, 0.4) is 0 Å². The average molecular weight is 348 g/mol. The normalized spacial score (nSPS) is 44.0. The van der Waals surface area contributed by atoms with Crippen molar-refractivity contribution in [3.05, 3.63) is 23.8 Å². The highest BCUT2D eigenvalue weighted by atomic mass is 16.6. The lowest BCUT2D eigenvalue weighted by molar-refractivity contribution is -0.208. The molecule has 1 aliphatic heterocycles. The molecule has 5 heteroatoms. The molecule has 0 amide bonds. The minimum Gasteiger partial charge on any atom is -0.458 e. The Morgan fingerprint density at radius 1 is 1.40 bits per heavy atom. The molecule has 3 aliphatic rings. The van der Waals surface area contributed by atoms with Gasteiger partial charge < -0.3 is 14.6 Å². The molecule has 2 saturated carbocycles. The quantitative estimate of drug-likeness (QED) is 0.613. The van der Waals surface area contributed by atoms with Gasteiger partial charge in [0.15, 0.2) is 0 Å². The number of rotatable bonds is 2. The predicted octanol–water partition coefficient (Wildman–Crippen LogP) is 2.92. The molecule has 0 aromatic rings. The number of esters is 2. The maximum Gasteiger partial charge on any atom is 0.334 e. The van der Waals surface area contributed by atoms with E-state index in [1.807, 2.05) is 6.92 Å². The summed E-state index contributed by atoms with van der Waals surface area (Å²) in [5, 5.41) is 11.1. The Balaban J connectivity index is 2.04. The van der Waals surface area contributed by atoms with E-state index < -0.39 is 23.6 Å². The van der Waals surface area contributed by atoms with Gasteiger partial charge in [-0.25, -0.2) is 9.59 Å². The van der Waals surface area contributed by atoms with Crippen molar-refractivity contribution in [2.75, 3.05) is 0 Å². The summed E-state index contributed by atoms with van der Waals surface area (Å²) in [7, 11) is 0. The Morgan fingerprint density at radius 3 is 2.72 bits per heavy atom. The van der Waals surface area contributed by atoms with E-state index >= 15 is 0 Å². The molecular weight excluding hydrogens is 320 g/mol. The largest absolute Gasteiger partial charge is 0.458 e. The third-order valence-electron chi connectivity index (χ3n) is 6.52. The fourth-order valence-electron chi connectivity index (χ4n) is 5.26. The van der Waals surface area contributed by atoms with Gasteiger partial charge in [-0.3, -0.25) is 0 Å². The highest BCUT2D eigenvalue weighted by molar-refractivity contribution is 5.91. The van der Waals surface area contributed by atoms with Crippen LogP contribution in [-0.4, -0.2) is 34.9 Å². The van der Waals surface area contributed by atoms with E-state index in [4.69, 9.17) is 9.47 Å². The first kappa shape index (κ1) is 18.2. The van der Waals surface area contributed by atoms with E-state index in [1.165, 1.54) is 0 Å². The summed E-state index contributed by atoms with van der Waals surface area (Å²) in [5.74, 6) is -1.47. The van der Waals surface area contributed by atoms with Crippen molar-refractivity contribution in [3.8, 4) is 0 Å². The maximum absolute atomic E-state index is 12.5. The Labute approximate surface area is 149 Å². The number of allylic oxidation sites excluding steroid dienone is 1. The number of hydrogen-bond acceptors (Lipinski definition) is 5. The van der Waals surface area contributed by atoms with Crippen LogP contribution in [0.2, 0.25) is 0 Å². The predicted molar refractivity (Wildman–Crippen MR) is 92.5 cm³/mol. The van der Waals surface area contributed by atoms with E-state index in [9.17, 15) is 14.7 Å². The van der Waals surface area contributed by atoms with Gasteiger partial charge in [0.25, 0.3) is 0 Å². The maximum atomic E-state index is 12.5. The van der Waals surface area contributed by atoms with Crippen molar-refractivity contribution in [2.24, 2.45) is 17.3 Å². The van der Waals surface area contributed by atoms with Crippen LogP contribution in [0.4, 0.5) is 0 Å². The van der Waals surface area contributed by atoms with E-state index in [0.717, 1.165) is 12.8 Å². The lowest BCUT2D eigenvalue weighted by Crippen LogP contribution is -2.62. The summed E-state index contributed by atoms with van der Waals surface area (Å²) in [5.41, 5.74) is -0.346. The third-order valence-corrected chi connectivity index (χ3v) is 6.52. The molecule has 0 spiro atoms. The van der Waals surface area contributed by atoms with E-state index in [-0.39, 0.29) is 23.4 Å². The molecule has 0 aromatic heterocycles. The van der Waals surface area contributed by atoms with Crippen molar-refractivity contribution in [2.45, 2.75) is 71.2 Å². The molecule has 0 aromatic carbocycles. The summed E-state index contributed by atoms with van der Waals surface area (Å²) in [6.07, 6.45) is 3.90. The smallest absolute Gasteiger partial charge is 0.334 e. The Hall–Kier alpha value is -1.62. The van der Waals surface area contributed by atoms with Gasteiger partial charge >= 0.3 is 11.9 Å². The molecular formula is C20H28O5. The second-order valence-electron chi connectivity index (χ2n) is 8.38. The molecule has 0 radical (unpaired) electrons. The molecule has 6 atom stereocenters. The van der Waals surface area contributed by atoms with Crippen LogP contribution in [0, 0.1) is 17.3 Å². The van der Waals surface area contributed by atoms with Gasteiger partial charge in [0.05, 0.1) is 11.5 Å². The number of aliphatic hydroxyl groups is 1. The lowest BCUT2D eigenvalue weighted by atomic mass is 9.51. The molecule has 1 saturated heterocycles. The van der Waals surface area contributed by atoms with Gasteiger partial charge in [-0.15, -0.1) is 0 Å². The number of carbonyl (C=O) groups excluding carboxylic acids is 2. The first-order valence-electron chi connectivity index (χ1n) is 9.07. The van der Waals surface area contributed by atoms with E-state index in [2.05, 4.69) is 13.5 Å². The van der Waals surface area contributed by atoms with Crippen molar-refractivity contribution >= 4 is 11.9 Å². The lowest BCUT2D eigenvalue weighted by Gasteiger charge is -2.57. The second-order valence-corrected chi connectivity index (χ2v) is 8.38. The van der Waals surface area contributed by atoms with Crippen LogP contribution in [0.5, 0.6) is 0 Å². The molecule has 3 rings (SSSR count). The minimum absolute atomic E-state index is 0.247. The van der Waals surface area contributed by atoms with Crippen molar-refractivity contribution in [1.29, 1.82) is 0 Å². The van der Waals surface area contributed by atoms with E-state index in [1.54, 1.807) is 19.9 Å². The number of fused-ring (bicyclic) bond motifs is 2. The van der Waals surface area contributed by atoms with Crippen LogP contribution in [0.25, 0.3) is 0 Å². The summed E-state index contributed by atoms with van der Waals surface area (Å²) < 4.78 is 11.4. The Morgan fingerprint density at radius 2 is 2.08 bits per heavy atom. The molecule has 138 valence electrons. The summed E-state index contributed by atoms with van der Waals surface area (Å²) in [6.45, 7) is 11.3. The second kappa shape index (κ2) is 5.97. The molecule has 5 nitrogen and oxygen atoms in total. The molecule has 1 heterocycles. The fourth-order valence-corrected chi connectivity index (χ4v) is 5.26. The highest BCUT2D eigenvalue weighted by Crippen LogP contribution is 2.59. The van der Waals surface area contributed by atoms with E-state index in [0.29, 0.717) is 24.0 Å². The number of hydrogen-bond donors (Lipinski definition) is 1. The Bertz CT molecular complexity index is 646. The molecule has 0 unspecified atom stereocenters.